The molecule has 0 spiro atoms. The molecular formula is C10H17. The van der Waals surface area contributed by atoms with Crippen LogP contribution in [0.1, 0.15) is 44.9 Å². The zero-order valence-electron chi connectivity index (χ0n) is 6.73. The van der Waals surface area contributed by atoms with Gasteiger partial charge in [0.2, 0.25) is 0 Å². The summed E-state index contributed by atoms with van der Waals surface area (Å²) in [5.41, 5.74) is 1.69. The molecule has 0 atom stereocenters. The summed E-state index contributed by atoms with van der Waals surface area (Å²) in [6.45, 7) is 3.84. The Morgan fingerprint density at radius 1 is 1.40 bits per heavy atom. The predicted octanol–water partition coefficient (Wildman–Crippen LogP) is 3.49. The van der Waals surface area contributed by atoms with E-state index in [1.807, 2.05) is 0 Å². The van der Waals surface area contributed by atoms with Crippen LogP contribution in [0.2, 0.25) is 0 Å². The van der Waals surface area contributed by atoms with Gasteiger partial charge in [0, 0.05) is 0 Å². The summed E-state index contributed by atoms with van der Waals surface area (Å²) in [4.78, 5) is 0. The summed E-state index contributed by atoms with van der Waals surface area (Å²) in [5.74, 6) is 0. The van der Waals surface area contributed by atoms with Crippen molar-refractivity contribution in [2.45, 2.75) is 44.9 Å². The molecule has 57 valence electrons. The van der Waals surface area contributed by atoms with Crippen molar-refractivity contribution in [2.24, 2.45) is 0 Å². The highest BCUT2D eigenvalue weighted by atomic mass is 14.1. The van der Waals surface area contributed by atoms with Gasteiger partial charge in [-0.2, -0.15) is 0 Å². The highest BCUT2D eigenvalue weighted by Gasteiger charge is 2.01. The topological polar surface area (TPSA) is 0 Å². The molecule has 0 amide bonds. The van der Waals surface area contributed by atoms with Crippen molar-refractivity contribution < 1.29 is 0 Å². The lowest BCUT2D eigenvalue weighted by Gasteiger charge is -2.11. The third-order valence-electron chi connectivity index (χ3n) is 2.13. The van der Waals surface area contributed by atoms with Gasteiger partial charge in [-0.05, 0) is 38.5 Å². The second kappa shape index (κ2) is 4.54. The Hall–Kier alpha value is -0.260. The smallest absolute Gasteiger partial charge is 0.0320 e. The first-order valence-corrected chi connectivity index (χ1v) is 4.40. The minimum Gasteiger partial charge on any atom is -0.0853 e. The molecule has 0 saturated heterocycles. The van der Waals surface area contributed by atoms with Gasteiger partial charge in [-0.15, -0.1) is 0 Å². The molecule has 1 aliphatic rings. The summed E-state index contributed by atoms with van der Waals surface area (Å²) in [6, 6.07) is 0. The first-order chi connectivity index (χ1) is 4.93. The molecule has 0 heteroatoms. The number of hydrogen-bond acceptors (Lipinski definition) is 0. The maximum Gasteiger partial charge on any atom is -0.0320 e. The normalized spacial score (nSPS) is 18.7. The van der Waals surface area contributed by atoms with Crippen LogP contribution in [-0.2, 0) is 0 Å². The predicted molar refractivity (Wildman–Crippen MR) is 45.8 cm³/mol. The van der Waals surface area contributed by atoms with Crippen LogP contribution in [0, 0.1) is 6.92 Å². The number of unbranched alkanes of at least 4 members (excludes halogenated alkanes) is 1. The zero-order chi connectivity index (χ0) is 7.23. The number of allylic oxidation sites excluding steroid dienone is 2. The van der Waals surface area contributed by atoms with E-state index in [9.17, 15) is 0 Å². The maximum atomic E-state index is 3.84. The van der Waals surface area contributed by atoms with E-state index in [1.54, 1.807) is 5.57 Å². The van der Waals surface area contributed by atoms with Gasteiger partial charge >= 0.3 is 0 Å². The summed E-state index contributed by atoms with van der Waals surface area (Å²) >= 11 is 0. The third-order valence-corrected chi connectivity index (χ3v) is 2.13. The molecule has 10 heavy (non-hydrogen) atoms. The molecule has 0 bridgehead atoms. The maximum absolute atomic E-state index is 3.84. The van der Waals surface area contributed by atoms with Crippen LogP contribution < -0.4 is 0 Å². The Morgan fingerprint density at radius 2 is 2.30 bits per heavy atom. The lowest BCUT2D eigenvalue weighted by Crippen LogP contribution is -1.91. The van der Waals surface area contributed by atoms with Gasteiger partial charge < -0.3 is 0 Å². The lowest BCUT2D eigenvalue weighted by molar-refractivity contribution is 0.661. The molecular weight excluding hydrogens is 120 g/mol. The first kappa shape index (κ1) is 7.84. The van der Waals surface area contributed by atoms with E-state index < -0.39 is 0 Å². The van der Waals surface area contributed by atoms with Crippen LogP contribution in [0.3, 0.4) is 0 Å². The number of hydrogen-bond donors (Lipinski definition) is 0. The SMILES string of the molecule is [CH2]CCCC1=CCCCC1. The standard InChI is InChI=1S/C10H17/c1-2-3-7-10-8-5-4-6-9-10/h8H,1-7,9H2. The molecule has 1 rings (SSSR count). The van der Waals surface area contributed by atoms with Gasteiger partial charge in [0.1, 0.15) is 0 Å². The van der Waals surface area contributed by atoms with E-state index in [4.69, 9.17) is 0 Å². The Bertz CT molecular complexity index is 111. The van der Waals surface area contributed by atoms with Gasteiger partial charge in [0.15, 0.2) is 0 Å². The van der Waals surface area contributed by atoms with Crippen molar-refractivity contribution >= 4 is 0 Å². The fraction of sp³-hybridized carbons (Fsp3) is 0.700. The van der Waals surface area contributed by atoms with Gasteiger partial charge in [-0.25, -0.2) is 0 Å². The van der Waals surface area contributed by atoms with Crippen molar-refractivity contribution in [1.29, 1.82) is 0 Å². The van der Waals surface area contributed by atoms with Crippen molar-refractivity contribution in [3.8, 4) is 0 Å². The molecule has 0 fully saturated rings. The summed E-state index contributed by atoms with van der Waals surface area (Å²) in [5, 5.41) is 0. The first-order valence-electron chi connectivity index (χ1n) is 4.40. The molecule has 0 aromatic rings. The van der Waals surface area contributed by atoms with Gasteiger partial charge in [-0.1, -0.05) is 25.0 Å². The van der Waals surface area contributed by atoms with Crippen molar-refractivity contribution in [3.63, 3.8) is 0 Å². The van der Waals surface area contributed by atoms with Crippen molar-refractivity contribution in [3.05, 3.63) is 18.6 Å². The molecule has 0 saturated carbocycles. The van der Waals surface area contributed by atoms with Gasteiger partial charge in [0.25, 0.3) is 0 Å². The lowest BCUT2D eigenvalue weighted by atomic mass is 9.96. The average molecular weight is 137 g/mol. The van der Waals surface area contributed by atoms with Crippen molar-refractivity contribution in [2.75, 3.05) is 0 Å². The Morgan fingerprint density at radius 3 is 2.90 bits per heavy atom. The molecule has 0 aromatic heterocycles. The molecule has 0 nitrogen and oxygen atoms in total. The summed E-state index contributed by atoms with van der Waals surface area (Å²) < 4.78 is 0. The monoisotopic (exact) mass is 137 g/mol. The third kappa shape index (κ3) is 2.55. The second-order valence-corrected chi connectivity index (χ2v) is 3.07. The largest absolute Gasteiger partial charge is 0.0853 e. The highest BCUT2D eigenvalue weighted by Crippen LogP contribution is 2.21. The quantitative estimate of drug-likeness (QED) is 0.522. The molecule has 1 radical (unpaired) electrons. The molecule has 0 aromatic carbocycles. The van der Waals surface area contributed by atoms with Crippen LogP contribution in [-0.4, -0.2) is 0 Å². The minimum atomic E-state index is 1.09. The van der Waals surface area contributed by atoms with Crippen LogP contribution in [0.25, 0.3) is 0 Å². The fourth-order valence-electron chi connectivity index (χ4n) is 1.48. The van der Waals surface area contributed by atoms with Gasteiger partial charge in [0.05, 0.1) is 0 Å². The van der Waals surface area contributed by atoms with Crippen LogP contribution in [0.4, 0.5) is 0 Å². The molecule has 1 aliphatic carbocycles. The summed E-state index contributed by atoms with van der Waals surface area (Å²) in [7, 11) is 0. The molecule has 0 N–H and O–H groups in total. The summed E-state index contributed by atoms with van der Waals surface area (Å²) in [6.07, 6.45) is 11.6. The highest BCUT2D eigenvalue weighted by molar-refractivity contribution is 5.04. The van der Waals surface area contributed by atoms with E-state index in [1.165, 1.54) is 38.5 Å². The average Bonchev–Trinajstić information content (AvgIpc) is 2.03. The minimum absolute atomic E-state index is 1.09. The van der Waals surface area contributed by atoms with Gasteiger partial charge in [-0.3, -0.25) is 0 Å². The van der Waals surface area contributed by atoms with Crippen LogP contribution in [0.5, 0.6) is 0 Å². The van der Waals surface area contributed by atoms with E-state index in [0.29, 0.717) is 0 Å². The Balaban J connectivity index is 2.18. The van der Waals surface area contributed by atoms with E-state index in [2.05, 4.69) is 13.0 Å². The molecule has 0 unspecified atom stereocenters. The van der Waals surface area contributed by atoms with Crippen LogP contribution in [0.15, 0.2) is 11.6 Å². The zero-order valence-corrected chi connectivity index (χ0v) is 6.73. The molecule has 0 heterocycles. The van der Waals surface area contributed by atoms with E-state index in [0.717, 1.165) is 6.42 Å². The number of rotatable bonds is 3. The van der Waals surface area contributed by atoms with E-state index >= 15 is 0 Å². The second-order valence-electron chi connectivity index (χ2n) is 3.07. The van der Waals surface area contributed by atoms with E-state index in [-0.39, 0.29) is 0 Å². The Labute approximate surface area is 64.3 Å². The van der Waals surface area contributed by atoms with Crippen molar-refractivity contribution in [1.82, 2.24) is 0 Å². The van der Waals surface area contributed by atoms with Crippen LogP contribution >= 0.6 is 0 Å². The fourth-order valence-corrected chi connectivity index (χ4v) is 1.48. The molecule has 0 aliphatic heterocycles. The Kier molecular flexibility index (Phi) is 3.56.